The van der Waals surface area contributed by atoms with Gasteiger partial charge in [-0.2, -0.15) is 4.98 Å². The second-order valence-electron chi connectivity index (χ2n) is 11.7. The van der Waals surface area contributed by atoms with E-state index in [1.807, 2.05) is 48.5 Å². The van der Waals surface area contributed by atoms with Gasteiger partial charge in [0.2, 0.25) is 11.7 Å². The fourth-order valence-electron chi connectivity index (χ4n) is 5.28. The lowest BCUT2D eigenvalue weighted by Gasteiger charge is -2.24. The summed E-state index contributed by atoms with van der Waals surface area (Å²) in [7, 11) is 0. The Labute approximate surface area is 282 Å². The molecule has 0 atom stereocenters. The molecule has 0 aliphatic rings. The van der Waals surface area contributed by atoms with Gasteiger partial charge in [0.1, 0.15) is 5.82 Å². The van der Waals surface area contributed by atoms with Crippen LogP contribution in [-0.4, -0.2) is 49.9 Å². The fourth-order valence-corrected chi connectivity index (χ4v) is 5.28. The third-order valence-electron chi connectivity index (χ3n) is 7.89. The first-order chi connectivity index (χ1) is 23.7. The summed E-state index contributed by atoms with van der Waals surface area (Å²) in [5.41, 5.74) is 7.12. The van der Waals surface area contributed by atoms with Gasteiger partial charge in [0.05, 0.1) is 13.0 Å². The SMILES string of the molecule is Cc1ccc(-c2ccc(-c3nc(-c4ccc(CN(CC(O)O)C(=O)c5ccc(NC(=O)Cc6ccc(F)cc6)cc5)cc4)no3)cc2)cc1. The van der Waals surface area contributed by atoms with E-state index in [-0.39, 0.29) is 31.2 Å². The second-order valence-corrected chi connectivity index (χ2v) is 11.7. The minimum absolute atomic E-state index is 0.0680. The highest BCUT2D eigenvalue weighted by atomic mass is 19.1. The van der Waals surface area contributed by atoms with Crippen molar-refractivity contribution in [2.75, 3.05) is 11.9 Å². The molecule has 3 N–H and O–H groups in total. The predicted octanol–water partition coefficient (Wildman–Crippen LogP) is 6.65. The zero-order valence-corrected chi connectivity index (χ0v) is 26.6. The number of anilines is 1. The van der Waals surface area contributed by atoms with Gasteiger partial charge >= 0.3 is 0 Å². The van der Waals surface area contributed by atoms with Crippen molar-refractivity contribution in [2.45, 2.75) is 26.2 Å². The number of hydrogen-bond donors (Lipinski definition) is 3. The molecule has 0 saturated heterocycles. The van der Waals surface area contributed by atoms with E-state index in [0.717, 1.165) is 22.3 Å². The lowest BCUT2D eigenvalue weighted by Crippen LogP contribution is -2.37. The van der Waals surface area contributed by atoms with Crippen molar-refractivity contribution in [3.05, 3.63) is 149 Å². The van der Waals surface area contributed by atoms with Crippen LogP contribution >= 0.6 is 0 Å². The molecule has 1 heterocycles. The van der Waals surface area contributed by atoms with Gasteiger partial charge in [0, 0.05) is 28.9 Å². The second kappa shape index (κ2) is 14.8. The maximum absolute atomic E-state index is 13.4. The fraction of sp³-hybridized carbons (Fsp3) is 0.128. The molecule has 0 radical (unpaired) electrons. The first-order valence-electron chi connectivity index (χ1n) is 15.6. The molecule has 0 saturated carbocycles. The first-order valence-corrected chi connectivity index (χ1v) is 15.6. The molecule has 2 amide bonds. The summed E-state index contributed by atoms with van der Waals surface area (Å²) >= 11 is 0. The first kappa shape index (κ1) is 33.0. The summed E-state index contributed by atoms with van der Waals surface area (Å²) in [4.78, 5) is 31.7. The van der Waals surface area contributed by atoms with Crippen molar-refractivity contribution in [3.8, 4) is 34.0 Å². The van der Waals surface area contributed by atoms with Crippen molar-refractivity contribution in [3.63, 3.8) is 0 Å². The van der Waals surface area contributed by atoms with Gasteiger partial charge in [0.25, 0.3) is 11.8 Å². The topological polar surface area (TPSA) is 129 Å². The third-order valence-corrected chi connectivity index (χ3v) is 7.89. The van der Waals surface area contributed by atoms with E-state index in [0.29, 0.717) is 34.1 Å². The minimum Gasteiger partial charge on any atom is -0.367 e. The zero-order chi connectivity index (χ0) is 34.3. The molecule has 1 aromatic heterocycles. The van der Waals surface area contributed by atoms with Crippen LogP contribution in [0.15, 0.2) is 126 Å². The number of halogens is 1. The van der Waals surface area contributed by atoms with Crippen molar-refractivity contribution >= 4 is 17.5 Å². The largest absolute Gasteiger partial charge is 0.367 e. The number of aliphatic hydroxyl groups is 2. The van der Waals surface area contributed by atoms with Gasteiger partial charge in [-0.1, -0.05) is 83.5 Å². The van der Waals surface area contributed by atoms with Crippen molar-refractivity contribution in [1.29, 1.82) is 0 Å². The number of aryl methyl sites for hydroxylation is 1. The summed E-state index contributed by atoms with van der Waals surface area (Å²) in [6.45, 7) is 1.85. The van der Waals surface area contributed by atoms with Crippen molar-refractivity contribution < 1.29 is 28.7 Å². The van der Waals surface area contributed by atoms with Crippen LogP contribution < -0.4 is 5.32 Å². The van der Waals surface area contributed by atoms with Gasteiger partial charge < -0.3 is 25.0 Å². The Balaban J connectivity index is 1.08. The van der Waals surface area contributed by atoms with E-state index in [1.165, 1.54) is 22.6 Å². The van der Waals surface area contributed by atoms with Crippen LogP contribution in [0.4, 0.5) is 10.1 Å². The van der Waals surface area contributed by atoms with Crippen LogP contribution in [0.1, 0.15) is 27.0 Å². The summed E-state index contributed by atoms with van der Waals surface area (Å²) in [6.07, 6.45) is -1.67. The Morgan fingerprint density at radius 2 is 1.33 bits per heavy atom. The maximum atomic E-state index is 13.4. The Bertz CT molecular complexity index is 2020. The average Bonchev–Trinajstić information content (AvgIpc) is 3.60. The number of benzene rings is 5. The molecule has 49 heavy (non-hydrogen) atoms. The molecule has 5 aromatic carbocycles. The Morgan fingerprint density at radius 3 is 1.96 bits per heavy atom. The smallest absolute Gasteiger partial charge is 0.258 e. The number of amides is 2. The van der Waals surface area contributed by atoms with Gasteiger partial charge in [-0.15, -0.1) is 0 Å². The monoisotopic (exact) mass is 656 g/mol. The summed E-state index contributed by atoms with van der Waals surface area (Å²) in [6, 6.07) is 35.5. The predicted molar refractivity (Wildman–Crippen MR) is 183 cm³/mol. The third kappa shape index (κ3) is 8.50. The number of rotatable bonds is 11. The molecule has 0 unspecified atom stereocenters. The maximum Gasteiger partial charge on any atom is 0.258 e. The Morgan fingerprint density at radius 1 is 0.755 bits per heavy atom. The Hall–Kier alpha value is -5.97. The van der Waals surface area contributed by atoms with Gasteiger partial charge in [-0.05, 0) is 77.7 Å². The minimum atomic E-state index is -1.74. The molecule has 0 spiro atoms. The van der Waals surface area contributed by atoms with E-state index in [2.05, 4.69) is 46.6 Å². The molecule has 246 valence electrons. The molecular weight excluding hydrogens is 623 g/mol. The van der Waals surface area contributed by atoms with Crippen LogP contribution in [0.3, 0.4) is 0 Å². The standard InChI is InChI=1S/C39H33FN4O5/c1-25-2-8-28(9-3-25)29-12-14-31(15-13-29)38-42-37(43-49-38)30-10-4-27(5-11-30)23-44(24-36(46)47)39(48)32-16-20-34(21-17-32)41-35(45)22-26-6-18-33(40)19-7-26/h2-21,36,46-47H,22-24H2,1H3,(H,41,45). The molecule has 9 nitrogen and oxygen atoms in total. The highest BCUT2D eigenvalue weighted by molar-refractivity contribution is 5.96. The van der Waals surface area contributed by atoms with Crippen LogP contribution in [0, 0.1) is 12.7 Å². The van der Waals surface area contributed by atoms with Crippen molar-refractivity contribution in [2.24, 2.45) is 0 Å². The highest BCUT2D eigenvalue weighted by Crippen LogP contribution is 2.27. The van der Waals surface area contributed by atoms with Crippen LogP contribution in [0.5, 0.6) is 0 Å². The number of nitrogens with zero attached hydrogens (tertiary/aromatic N) is 3. The van der Waals surface area contributed by atoms with E-state index in [4.69, 9.17) is 4.52 Å². The molecule has 0 aliphatic carbocycles. The number of aliphatic hydroxyl groups excluding tert-OH is 1. The summed E-state index contributed by atoms with van der Waals surface area (Å²) in [5.74, 6) is -0.283. The molecule has 0 fully saturated rings. The van der Waals surface area contributed by atoms with Crippen molar-refractivity contribution in [1.82, 2.24) is 15.0 Å². The normalized spacial score (nSPS) is 11.0. The number of carbonyl (C=O) groups excluding carboxylic acids is 2. The lowest BCUT2D eigenvalue weighted by atomic mass is 10.0. The number of hydrogen-bond acceptors (Lipinski definition) is 7. The molecule has 10 heteroatoms. The van der Waals surface area contributed by atoms with E-state index in [9.17, 15) is 24.2 Å². The van der Waals surface area contributed by atoms with Crippen LogP contribution in [-0.2, 0) is 17.8 Å². The quantitative estimate of drug-likeness (QED) is 0.133. The molecule has 0 bridgehead atoms. The van der Waals surface area contributed by atoms with Crippen LogP contribution in [0.25, 0.3) is 34.0 Å². The summed E-state index contributed by atoms with van der Waals surface area (Å²) < 4.78 is 18.7. The Kier molecular flexibility index (Phi) is 9.99. The van der Waals surface area contributed by atoms with Gasteiger partial charge in [0.15, 0.2) is 6.29 Å². The molecule has 0 aliphatic heterocycles. The number of carbonyl (C=O) groups is 2. The lowest BCUT2D eigenvalue weighted by molar-refractivity contribution is -0.115. The van der Waals surface area contributed by atoms with E-state index < -0.39 is 12.2 Å². The van der Waals surface area contributed by atoms with Crippen LogP contribution in [0.2, 0.25) is 0 Å². The number of nitrogens with one attached hydrogen (secondary N) is 1. The van der Waals surface area contributed by atoms with E-state index in [1.54, 1.807) is 36.4 Å². The average molecular weight is 657 g/mol. The molecule has 6 aromatic rings. The molecule has 6 rings (SSSR count). The van der Waals surface area contributed by atoms with Gasteiger partial charge in [-0.3, -0.25) is 9.59 Å². The number of aromatic nitrogens is 2. The molecular formula is C39H33FN4O5. The van der Waals surface area contributed by atoms with Gasteiger partial charge in [-0.25, -0.2) is 4.39 Å². The zero-order valence-electron chi connectivity index (χ0n) is 26.6. The van der Waals surface area contributed by atoms with E-state index >= 15 is 0 Å². The summed E-state index contributed by atoms with van der Waals surface area (Å²) in [5, 5.41) is 26.3. The highest BCUT2D eigenvalue weighted by Gasteiger charge is 2.20.